The highest BCUT2D eigenvalue weighted by Gasteiger charge is 2.29. The van der Waals surface area contributed by atoms with Gasteiger partial charge < -0.3 is 4.90 Å². The summed E-state index contributed by atoms with van der Waals surface area (Å²) >= 11 is 0. The number of aromatic nitrogens is 2. The molecular weight excluding hydrogens is 229 g/mol. The van der Waals surface area contributed by atoms with Crippen LogP contribution in [0.3, 0.4) is 0 Å². The molecule has 1 saturated heterocycles. The van der Waals surface area contributed by atoms with Crippen LogP contribution in [0.5, 0.6) is 0 Å². The van der Waals surface area contributed by atoms with Gasteiger partial charge in [-0.3, -0.25) is 4.98 Å². The summed E-state index contributed by atoms with van der Waals surface area (Å²) in [6.07, 6.45) is 3.42. The van der Waals surface area contributed by atoms with E-state index in [-0.39, 0.29) is 5.82 Å². The minimum Gasteiger partial charge on any atom is -0.354 e. The average Bonchev–Trinajstić information content (AvgIpc) is 2.32. The third kappa shape index (κ3) is 1.94. The molecule has 2 aromatic rings. The summed E-state index contributed by atoms with van der Waals surface area (Å²) in [6, 6.07) is 6.76. The second-order valence-corrected chi connectivity index (χ2v) is 4.62. The molecule has 92 valence electrons. The van der Waals surface area contributed by atoms with Gasteiger partial charge in [-0.05, 0) is 24.6 Å². The monoisotopic (exact) mass is 243 g/mol. The van der Waals surface area contributed by atoms with Crippen LogP contribution < -0.4 is 4.90 Å². The van der Waals surface area contributed by atoms with Gasteiger partial charge in [0.25, 0.3) is 0 Å². The highest BCUT2D eigenvalue weighted by Crippen LogP contribution is 2.31. The first-order valence-electron chi connectivity index (χ1n) is 6.02. The second-order valence-electron chi connectivity index (χ2n) is 4.62. The zero-order chi connectivity index (χ0) is 12.5. The van der Waals surface area contributed by atoms with Crippen molar-refractivity contribution in [2.45, 2.75) is 12.8 Å². The number of hydrogen-bond donors (Lipinski definition) is 0. The van der Waals surface area contributed by atoms with Crippen LogP contribution in [0.4, 0.5) is 10.2 Å². The summed E-state index contributed by atoms with van der Waals surface area (Å²) < 4.78 is 12.8. The van der Waals surface area contributed by atoms with Gasteiger partial charge in [-0.2, -0.15) is 0 Å². The molecule has 1 aliphatic heterocycles. The van der Waals surface area contributed by atoms with E-state index in [1.54, 1.807) is 12.4 Å². The molecule has 0 saturated carbocycles. The Morgan fingerprint density at radius 1 is 1.11 bits per heavy atom. The van der Waals surface area contributed by atoms with E-state index in [1.807, 2.05) is 19.1 Å². The van der Waals surface area contributed by atoms with Crippen molar-refractivity contribution in [3.05, 3.63) is 53.7 Å². The molecule has 18 heavy (non-hydrogen) atoms. The summed E-state index contributed by atoms with van der Waals surface area (Å²) in [7, 11) is 0. The third-order valence-electron chi connectivity index (χ3n) is 3.38. The van der Waals surface area contributed by atoms with Crippen LogP contribution in [0.15, 0.2) is 36.7 Å². The normalized spacial score (nSPS) is 15.6. The first-order valence-corrected chi connectivity index (χ1v) is 6.02. The van der Waals surface area contributed by atoms with Gasteiger partial charge in [0, 0.05) is 31.4 Å². The lowest BCUT2D eigenvalue weighted by molar-refractivity contribution is 0.516. The maximum Gasteiger partial charge on any atom is 0.150 e. The predicted molar refractivity (Wildman–Crippen MR) is 68.1 cm³/mol. The number of hydrogen-bond acceptors (Lipinski definition) is 3. The van der Waals surface area contributed by atoms with Crippen molar-refractivity contribution in [2.75, 3.05) is 18.0 Å². The van der Waals surface area contributed by atoms with Gasteiger partial charge in [0.1, 0.15) is 11.6 Å². The summed E-state index contributed by atoms with van der Waals surface area (Å²) in [5.41, 5.74) is 2.14. The number of rotatable bonds is 2. The first kappa shape index (κ1) is 11.1. The van der Waals surface area contributed by atoms with E-state index in [2.05, 4.69) is 14.9 Å². The fraction of sp³-hybridized carbons (Fsp3) is 0.286. The lowest BCUT2D eigenvalue weighted by atomic mass is 9.91. The Kier molecular flexibility index (Phi) is 2.70. The van der Waals surface area contributed by atoms with Crippen LogP contribution in [0.1, 0.15) is 17.2 Å². The van der Waals surface area contributed by atoms with Crippen LogP contribution >= 0.6 is 0 Å². The summed E-state index contributed by atoms with van der Waals surface area (Å²) in [5, 5.41) is 0. The maximum absolute atomic E-state index is 12.8. The molecule has 4 heteroatoms. The van der Waals surface area contributed by atoms with Gasteiger partial charge in [0.2, 0.25) is 0 Å². The molecule has 0 bridgehead atoms. The zero-order valence-corrected chi connectivity index (χ0v) is 10.2. The van der Waals surface area contributed by atoms with E-state index in [4.69, 9.17) is 0 Å². The van der Waals surface area contributed by atoms with Crippen molar-refractivity contribution in [2.24, 2.45) is 0 Å². The van der Waals surface area contributed by atoms with Crippen molar-refractivity contribution in [1.82, 2.24) is 9.97 Å². The van der Waals surface area contributed by atoms with Crippen LogP contribution in [0.2, 0.25) is 0 Å². The number of nitrogens with zero attached hydrogens (tertiary/aromatic N) is 3. The van der Waals surface area contributed by atoms with Crippen molar-refractivity contribution in [3.8, 4) is 0 Å². The van der Waals surface area contributed by atoms with Gasteiger partial charge in [-0.25, -0.2) is 9.37 Å². The van der Waals surface area contributed by atoms with Crippen LogP contribution in [0, 0.1) is 12.7 Å². The number of halogens is 1. The molecule has 3 nitrogen and oxygen atoms in total. The van der Waals surface area contributed by atoms with Gasteiger partial charge in [0.05, 0.1) is 5.69 Å². The van der Waals surface area contributed by atoms with Gasteiger partial charge >= 0.3 is 0 Å². The highest BCUT2D eigenvalue weighted by molar-refractivity contribution is 5.47. The van der Waals surface area contributed by atoms with Gasteiger partial charge in [-0.1, -0.05) is 12.1 Å². The zero-order valence-electron chi connectivity index (χ0n) is 10.2. The summed E-state index contributed by atoms with van der Waals surface area (Å²) in [5.74, 6) is 1.24. The smallest absolute Gasteiger partial charge is 0.150 e. The van der Waals surface area contributed by atoms with E-state index >= 15 is 0 Å². The van der Waals surface area contributed by atoms with E-state index in [0.717, 1.165) is 24.6 Å². The second kappa shape index (κ2) is 4.37. The van der Waals surface area contributed by atoms with E-state index < -0.39 is 0 Å². The first-order chi connectivity index (χ1) is 8.74. The highest BCUT2D eigenvalue weighted by atomic mass is 19.1. The Hall–Kier alpha value is -1.97. The van der Waals surface area contributed by atoms with E-state index in [9.17, 15) is 4.39 Å². The van der Waals surface area contributed by atoms with Crippen molar-refractivity contribution < 1.29 is 4.39 Å². The minimum atomic E-state index is -0.181. The Labute approximate surface area is 105 Å². The minimum absolute atomic E-state index is 0.181. The van der Waals surface area contributed by atoms with E-state index in [1.165, 1.54) is 17.7 Å². The molecule has 1 aliphatic rings. The summed E-state index contributed by atoms with van der Waals surface area (Å²) in [4.78, 5) is 10.8. The molecule has 3 rings (SSSR count). The Bertz CT molecular complexity index is 547. The third-order valence-corrected chi connectivity index (χ3v) is 3.38. The molecule has 1 aromatic heterocycles. The molecule has 0 N–H and O–H groups in total. The molecule has 0 amide bonds. The molecule has 2 heterocycles. The fourth-order valence-electron chi connectivity index (χ4n) is 2.31. The Morgan fingerprint density at radius 3 is 2.44 bits per heavy atom. The van der Waals surface area contributed by atoms with Crippen LogP contribution in [-0.4, -0.2) is 23.1 Å². The topological polar surface area (TPSA) is 29.0 Å². The van der Waals surface area contributed by atoms with Gasteiger partial charge in [0.15, 0.2) is 0 Å². The molecule has 0 radical (unpaired) electrons. The molecule has 0 atom stereocenters. The number of benzene rings is 1. The standard InChI is InChI=1S/C14H14FN3/c1-10-14(17-7-6-16-10)18-8-12(9-18)11-2-4-13(15)5-3-11/h2-7,12H,8-9H2,1H3. The average molecular weight is 243 g/mol. The van der Waals surface area contributed by atoms with Crippen LogP contribution in [-0.2, 0) is 0 Å². The van der Waals surface area contributed by atoms with Crippen molar-refractivity contribution >= 4 is 5.82 Å². The maximum atomic E-state index is 12.8. The number of anilines is 1. The molecule has 1 aromatic carbocycles. The summed E-state index contributed by atoms with van der Waals surface area (Å²) in [6.45, 7) is 3.81. The largest absolute Gasteiger partial charge is 0.354 e. The van der Waals surface area contributed by atoms with Crippen LogP contribution in [0.25, 0.3) is 0 Å². The predicted octanol–water partition coefficient (Wildman–Crippen LogP) is 2.53. The molecule has 1 fully saturated rings. The molecular formula is C14H14FN3. The molecule has 0 spiro atoms. The SMILES string of the molecule is Cc1nccnc1N1CC(c2ccc(F)cc2)C1. The Balaban J connectivity index is 1.70. The van der Waals surface area contributed by atoms with Crippen molar-refractivity contribution in [1.29, 1.82) is 0 Å². The molecule has 0 aliphatic carbocycles. The quantitative estimate of drug-likeness (QED) is 0.811. The molecule has 0 unspecified atom stereocenters. The lowest BCUT2D eigenvalue weighted by Gasteiger charge is -2.40. The van der Waals surface area contributed by atoms with Gasteiger partial charge in [-0.15, -0.1) is 0 Å². The van der Waals surface area contributed by atoms with E-state index in [0.29, 0.717) is 5.92 Å². The van der Waals surface area contributed by atoms with Crippen molar-refractivity contribution in [3.63, 3.8) is 0 Å². The Morgan fingerprint density at radius 2 is 1.78 bits per heavy atom. The lowest BCUT2D eigenvalue weighted by Crippen LogP contribution is -2.45. The fourth-order valence-corrected chi connectivity index (χ4v) is 2.31. The number of aryl methyl sites for hydroxylation is 1.